The second-order valence-electron chi connectivity index (χ2n) is 5.77. The number of amides is 3. The Kier molecular flexibility index (Phi) is 5.27. The number of piperazine rings is 1. The molecule has 1 saturated heterocycles. The summed E-state index contributed by atoms with van der Waals surface area (Å²) in [5, 5.41) is 4.28. The molecule has 0 unspecified atom stereocenters. The van der Waals surface area contributed by atoms with Crippen molar-refractivity contribution >= 4 is 34.2 Å². The molecule has 1 fully saturated rings. The number of thiazole rings is 1. The molecular weight excluding hydrogens is 359 g/mol. The summed E-state index contributed by atoms with van der Waals surface area (Å²) < 4.78 is 13.6. The molecule has 26 heavy (non-hydrogen) atoms. The molecule has 1 aliphatic rings. The fraction of sp³-hybridized carbons (Fsp3) is 0.294. The third-order valence-electron chi connectivity index (χ3n) is 4.07. The first-order chi connectivity index (χ1) is 12.5. The van der Waals surface area contributed by atoms with Crippen LogP contribution in [0.15, 0.2) is 29.6 Å². The number of hydrogen-bond donors (Lipinski definition) is 1. The topological polar surface area (TPSA) is 82.6 Å². The first kappa shape index (κ1) is 18.0. The minimum atomic E-state index is -0.624. The number of aromatic nitrogens is 1. The summed E-state index contributed by atoms with van der Waals surface area (Å²) in [5.41, 5.74) is 0.131. The number of benzene rings is 1. The van der Waals surface area contributed by atoms with E-state index in [0.717, 1.165) is 11.3 Å². The van der Waals surface area contributed by atoms with Gasteiger partial charge in [-0.3, -0.25) is 19.7 Å². The van der Waals surface area contributed by atoms with Gasteiger partial charge in [0.25, 0.3) is 11.8 Å². The van der Waals surface area contributed by atoms with Gasteiger partial charge in [-0.1, -0.05) is 12.1 Å². The maximum Gasteiger partial charge on any atom is 0.273 e. The number of halogens is 1. The molecule has 2 heterocycles. The van der Waals surface area contributed by atoms with E-state index in [4.69, 9.17) is 0 Å². The van der Waals surface area contributed by atoms with Crippen LogP contribution in [0.25, 0.3) is 0 Å². The van der Waals surface area contributed by atoms with Crippen LogP contribution < -0.4 is 5.32 Å². The zero-order valence-corrected chi connectivity index (χ0v) is 14.9. The van der Waals surface area contributed by atoms with Crippen LogP contribution in [0.2, 0.25) is 0 Å². The molecule has 9 heteroatoms. The van der Waals surface area contributed by atoms with Crippen molar-refractivity contribution in [3.63, 3.8) is 0 Å². The van der Waals surface area contributed by atoms with E-state index in [1.807, 2.05) is 0 Å². The number of anilines is 1. The Hall–Kier alpha value is -2.81. The average Bonchev–Trinajstić information content (AvgIpc) is 3.10. The molecule has 136 valence electrons. The molecule has 0 spiro atoms. The minimum absolute atomic E-state index is 0.0103. The van der Waals surface area contributed by atoms with Gasteiger partial charge in [-0.05, 0) is 12.1 Å². The van der Waals surface area contributed by atoms with Gasteiger partial charge in [0, 0.05) is 38.5 Å². The van der Waals surface area contributed by atoms with Gasteiger partial charge in [-0.25, -0.2) is 9.37 Å². The molecule has 0 aliphatic carbocycles. The van der Waals surface area contributed by atoms with E-state index in [9.17, 15) is 18.8 Å². The van der Waals surface area contributed by atoms with Crippen molar-refractivity contribution in [3.8, 4) is 0 Å². The van der Waals surface area contributed by atoms with Crippen molar-refractivity contribution in [3.05, 3.63) is 46.7 Å². The molecule has 1 aromatic carbocycles. The third kappa shape index (κ3) is 3.88. The van der Waals surface area contributed by atoms with Crippen molar-refractivity contribution in [2.75, 3.05) is 31.5 Å². The lowest BCUT2D eigenvalue weighted by Gasteiger charge is -2.33. The zero-order valence-electron chi connectivity index (χ0n) is 14.1. The number of nitrogens with one attached hydrogen (secondary N) is 1. The lowest BCUT2D eigenvalue weighted by atomic mass is 10.2. The van der Waals surface area contributed by atoms with Gasteiger partial charge in [-0.2, -0.15) is 0 Å². The van der Waals surface area contributed by atoms with Crippen LogP contribution in [0.3, 0.4) is 0 Å². The van der Waals surface area contributed by atoms with Gasteiger partial charge in [0.1, 0.15) is 11.5 Å². The van der Waals surface area contributed by atoms with Crippen LogP contribution in [-0.4, -0.2) is 58.7 Å². The molecule has 0 bridgehead atoms. The number of carbonyl (C=O) groups is 3. The normalized spacial score (nSPS) is 14.2. The fourth-order valence-corrected chi connectivity index (χ4v) is 3.31. The Morgan fingerprint density at radius 2 is 1.77 bits per heavy atom. The first-order valence-electron chi connectivity index (χ1n) is 8.02. The summed E-state index contributed by atoms with van der Waals surface area (Å²) in [4.78, 5) is 43.4. The maximum atomic E-state index is 13.6. The molecule has 3 amide bonds. The first-order valence-corrected chi connectivity index (χ1v) is 8.90. The molecular formula is C17H17FN4O3S. The van der Waals surface area contributed by atoms with E-state index in [1.165, 1.54) is 25.1 Å². The summed E-state index contributed by atoms with van der Waals surface area (Å²) in [6.45, 7) is 3.35. The lowest BCUT2D eigenvalue weighted by Crippen LogP contribution is -2.50. The molecule has 3 rings (SSSR count). The van der Waals surface area contributed by atoms with Gasteiger partial charge in [0.05, 0.1) is 5.56 Å². The largest absolute Gasteiger partial charge is 0.339 e. The van der Waals surface area contributed by atoms with Crippen LogP contribution in [-0.2, 0) is 4.79 Å². The second-order valence-corrected chi connectivity index (χ2v) is 6.63. The Morgan fingerprint density at radius 1 is 1.12 bits per heavy atom. The molecule has 0 saturated carbocycles. The van der Waals surface area contributed by atoms with Crippen LogP contribution in [0.4, 0.5) is 9.52 Å². The fourth-order valence-electron chi connectivity index (χ4n) is 2.63. The van der Waals surface area contributed by atoms with Gasteiger partial charge >= 0.3 is 0 Å². The van der Waals surface area contributed by atoms with Crippen molar-refractivity contribution in [1.82, 2.24) is 14.8 Å². The van der Waals surface area contributed by atoms with Gasteiger partial charge in [0.2, 0.25) is 5.91 Å². The van der Waals surface area contributed by atoms with Crippen molar-refractivity contribution < 1.29 is 18.8 Å². The van der Waals surface area contributed by atoms with Crippen LogP contribution >= 0.6 is 11.3 Å². The molecule has 0 atom stereocenters. The van der Waals surface area contributed by atoms with Gasteiger partial charge in [0.15, 0.2) is 5.13 Å². The summed E-state index contributed by atoms with van der Waals surface area (Å²) in [6.07, 6.45) is 0. The average molecular weight is 376 g/mol. The zero-order chi connectivity index (χ0) is 18.7. The number of rotatable bonds is 3. The summed E-state index contributed by atoms with van der Waals surface area (Å²) in [5.74, 6) is -1.51. The summed E-state index contributed by atoms with van der Waals surface area (Å²) in [7, 11) is 0. The highest BCUT2D eigenvalue weighted by Crippen LogP contribution is 2.19. The molecule has 1 aromatic heterocycles. The highest BCUT2D eigenvalue weighted by Gasteiger charge is 2.25. The lowest BCUT2D eigenvalue weighted by molar-refractivity contribution is -0.130. The highest BCUT2D eigenvalue weighted by molar-refractivity contribution is 7.14. The Balaban J connectivity index is 1.63. The predicted octanol–water partition coefficient (Wildman–Crippen LogP) is 1.84. The van der Waals surface area contributed by atoms with Crippen LogP contribution in [0, 0.1) is 5.82 Å². The van der Waals surface area contributed by atoms with Crippen molar-refractivity contribution in [1.29, 1.82) is 0 Å². The van der Waals surface area contributed by atoms with Gasteiger partial charge < -0.3 is 9.80 Å². The van der Waals surface area contributed by atoms with Crippen LogP contribution in [0.5, 0.6) is 0 Å². The minimum Gasteiger partial charge on any atom is -0.339 e. The second kappa shape index (κ2) is 7.61. The summed E-state index contributed by atoms with van der Waals surface area (Å²) >= 11 is 1.10. The van der Waals surface area contributed by atoms with E-state index in [0.29, 0.717) is 26.2 Å². The van der Waals surface area contributed by atoms with Crippen molar-refractivity contribution in [2.24, 2.45) is 0 Å². The standard InChI is InChI=1S/C17H17FN4O3S/c1-11(23)21-6-8-22(9-7-21)16(25)14-10-26-17(19-14)20-15(24)12-4-2-3-5-13(12)18/h2-5,10H,6-9H2,1H3,(H,19,20,24). The van der Waals surface area contributed by atoms with Crippen LogP contribution in [0.1, 0.15) is 27.8 Å². The Labute approximate surface area is 153 Å². The highest BCUT2D eigenvalue weighted by atomic mass is 32.1. The summed E-state index contributed by atoms with van der Waals surface area (Å²) in [6, 6.07) is 5.64. The van der Waals surface area contributed by atoms with Gasteiger partial charge in [-0.15, -0.1) is 11.3 Å². The Morgan fingerprint density at radius 3 is 2.42 bits per heavy atom. The quantitative estimate of drug-likeness (QED) is 0.886. The molecule has 2 aromatic rings. The number of hydrogen-bond acceptors (Lipinski definition) is 5. The SMILES string of the molecule is CC(=O)N1CCN(C(=O)c2csc(NC(=O)c3ccccc3F)n2)CC1. The van der Waals surface area contributed by atoms with E-state index in [-0.39, 0.29) is 28.2 Å². The monoisotopic (exact) mass is 376 g/mol. The van der Waals surface area contributed by atoms with Crippen molar-refractivity contribution in [2.45, 2.75) is 6.92 Å². The third-order valence-corrected chi connectivity index (χ3v) is 4.83. The predicted molar refractivity (Wildman–Crippen MR) is 94.6 cm³/mol. The molecule has 7 nitrogen and oxygen atoms in total. The Bertz CT molecular complexity index is 846. The van der Waals surface area contributed by atoms with E-state index < -0.39 is 11.7 Å². The number of nitrogens with zero attached hydrogens (tertiary/aromatic N) is 3. The molecule has 0 radical (unpaired) electrons. The maximum absolute atomic E-state index is 13.6. The van der Waals surface area contributed by atoms with E-state index in [1.54, 1.807) is 21.2 Å². The van der Waals surface area contributed by atoms with E-state index >= 15 is 0 Å². The van der Waals surface area contributed by atoms with E-state index in [2.05, 4.69) is 10.3 Å². The molecule has 1 N–H and O–H groups in total. The molecule has 1 aliphatic heterocycles. The smallest absolute Gasteiger partial charge is 0.273 e. The number of carbonyl (C=O) groups excluding carboxylic acids is 3.